The maximum atomic E-state index is 10.9. The van der Waals surface area contributed by atoms with Gasteiger partial charge in [0.1, 0.15) is 0 Å². The summed E-state index contributed by atoms with van der Waals surface area (Å²) < 4.78 is 4.50. The van der Waals surface area contributed by atoms with Crippen LogP contribution in [-0.4, -0.2) is 18.1 Å². The molecule has 0 saturated carbocycles. The Bertz CT molecular complexity index is 274. The van der Waals surface area contributed by atoms with Gasteiger partial charge in [-0.25, -0.2) is 0 Å². The minimum atomic E-state index is -0.332. The van der Waals surface area contributed by atoms with Crippen molar-refractivity contribution in [3.05, 3.63) is 30.1 Å². The van der Waals surface area contributed by atoms with Gasteiger partial charge in [0.05, 0.1) is 13.5 Å². The molecule has 13 heavy (non-hydrogen) atoms. The van der Waals surface area contributed by atoms with Crippen molar-refractivity contribution in [3.63, 3.8) is 0 Å². The maximum Gasteiger partial charge on any atom is 0.307 e. The fourth-order valence-electron chi connectivity index (χ4n) is 0.976. The van der Waals surface area contributed by atoms with E-state index >= 15 is 0 Å². The van der Waals surface area contributed by atoms with E-state index in [0.717, 1.165) is 5.56 Å². The van der Waals surface area contributed by atoms with Gasteiger partial charge in [-0.1, -0.05) is 6.07 Å². The molecule has 0 radical (unpaired) electrons. The van der Waals surface area contributed by atoms with Crippen molar-refractivity contribution in [2.75, 3.05) is 7.11 Å². The van der Waals surface area contributed by atoms with E-state index in [-0.39, 0.29) is 18.4 Å². The second-order valence-electron chi connectivity index (χ2n) is 2.67. The molecule has 0 unspecified atom stereocenters. The van der Waals surface area contributed by atoms with E-state index in [1.807, 2.05) is 6.07 Å². The minimum absolute atomic E-state index is 0.183. The molecule has 2 N–H and O–H groups in total. The van der Waals surface area contributed by atoms with Crippen LogP contribution >= 0.6 is 0 Å². The number of hydrogen-bond acceptors (Lipinski definition) is 4. The van der Waals surface area contributed by atoms with E-state index in [4.69, 9.17) is 5.73 Å². The Morgan fingerprint density at radius 2 is 2.54 bits per heavy atom. The summed E-state index contributed by atoms with van der Waals surface area (Å²) in [6.07, 6.45) is 3.49. The third-order valence-corrected chi connectivity index (χ3v) is 1.73. The van der Waals surface area contributed by atoms with Crippen LogP contribution in [0.25, 0.3) is 0 Å². The molecular formula is C9H12N2O2. The molecule has 1 heterocycles. The van der Waals surface area contributed by atoms with Crippen molar-refractivity contribution < 1.29 is 9.53 Å². The van der Waals surface area contributed by atoms with E-state index in [2.05, 4.69) is 9.72 Å². The first-order valence-electron chi connectivity index (χ1n) is 3.96. The van der Waals surface area contributed by atoms with Crippen molar-refractivity contribution in [1.82, 2.24) is 4.98 Å². The van der Waals surface area contributed by atoms with E-state index in [1.54, 1.807) is 18.5 Å². The summed E-state index contributed by atoms with van der Waals surface area (Å²) in [5, 5.41) is 0. The highest BCUT2D eigenvalue weighted by atomic mass is 16.5. The van der Waals surface area contributed by atoms with Crippen LogP contribution in [0.1, 0.15) is 18.0 Å². The third kappa shape index (κ3) is 2.83. The van der Waals surface area contributed by atoms with Crippen molar-refractivity contribution in [2.45, 2.75) is 12.5 Å². The number of ether oxygens (including phenoxy) is 1. The summed E-state index contributed by atoms with van der Waals surface area (Å²) in [7, 11) is 1.35. The molecule has 0 aliphatic heterocycles. The number of nitrogens with two attached hydrogens (primary N) is 1. The monoisotopic (exact) mass is 180 g/mol. The molecule has 0 aromatic carbocycles. The summed E-state index contributed by atoms with van der Waals surface area (Å²) >= 11 is 0. The second-order valence-corrected chi connectivity index (χ2v) is 2.67. The molecule has 0 aliphatic rings. The predicted octanol–water partition coefficient (Wildman–Crippen LogP) is 0.644. The number of esters is 1. The summed E-state index contributed by atoms with van der Waals surface area (Å²) in [5.41, 5.74) is 6.57. The van der Waals surface area contributed by atoms with Gasteiger partial charge in [0.2, 0.25) is 0 Å². The van der Waals surface area contributed by atoms with Crippen molar-refractivity contribution >= 4 is 5.97 Å². The number of rotatable bonds is 3. The second kappa shape index (κ2) is 4.57. The standard InChI is InChI=1S/C9H12N2O2/c1-13-9(12)5-8(10)7-3-2-4-11-6-7/h2-4,6,8H,5,10H2,1H3/t8-/m0/s1. The molecule has 1 aromatic rings. The Morgan fingerprint density at radius 3 is 3.08 bits per heavy atom. The zero-order chi connectivity index (χ0) is 9.68. The summed E-state index contributed by atoms with van der Waals surface area (Å²) in [6.45, 7) is 0. The number of nitrogens with zero attached hydrogens (tertiary/aromatic N) is 1. The number of hydrogen-bond donors (Lipinski definition) is 1. The Hall–Kier alpha value is -1.42. The molecule has 0 amide bonds. The molecule has 0 saturated heterocycles. The first-order chi connectivity index (χ1) is 6.24. The normalized spacial score (nSPS) is 12.2. The van der Waals surface area contributed by atoms with E-state index < -0.39 is 0 Å². The average molecular weight is 180 g/mol. The average Bonchev–Trinajstić information content (AvgIpc) is 2.19. The molecule has 4 nitrogen and oxygen atoms in total. The van der Waals surface area contributed by atoms with Crippen LogP contribution in [-0.2, 0) is 9.53 Å². The zero-order valence-corrected chi connectivity index (χ0v) is 7.43. The van der Waals surface area contributed by atoms with Gasteiger partial charge < -0.3 is 10.5 Å². The van der Waals surface area contributed by atoms with E-state index in [9.17, 15) is 4.79 Å². The lowest BCUT2D eigenvalue weighted by molar-refractivity contribution is -0.141. The quantitative estimate of drug-likeness (QED) is 0.693. The van der Waals surface area contributed by atoms with Crippen LogP contribution in [0, 0.1) is 0 Å². The SMILES string of the molecule is COC(=O)C[C@H](N)c1cccnc1. The number of pyridine rings is 1. The number of methoxy groups -OCH3 is 1. The Labute approximate surface area is 76.7 Å². The third-order valence-electron chi connectivity index (χ3n) is 1.73. The van der Waals surface area contributed by atoms with Gasteiger partial charge in [-0.3, -0.25) is 9.78 Å². The molecule has 0 aliphatic carbocycles. The van der Waals surface area contributed by atoms with E-state index in [0.29, 0.717) is 0 Å². The summed E-state index contributed by atoms with van der Waals surface area (Å²) in [4.78, 5) is 14.8. The molecule has 70 valence electrons. The number of carbonyl (C=O) groups is 1. The number of aromatic nitrogens is 1. The Balaban J connectivity index is 2.59. The van der Waals surface area contributed by atoms with Crippen LogP contribution in [0.3, 0.4) is 0 Å². The topological polar surface area (TPSA) is 65.2 Å². The molecule has 1 rings (SSSR count). The first kappa shape index (κ1) is 9.67. The highest BCUT2D eigenvalue weighted by Crippen LogP contribution is 2.12. The summed E-state index contributed by atoms with van der Waals surface area (Å²) in [5.74, 6) is -0.309. The zero-order valence-electron chi connectivity index (χ0n) is 7.43. The minimum Gasteiger partial charge on any atom is -0.469 e. The van der Waals surface area contributed by atoms with Crippen molar-refractivity contribution in [2.24, 2.45) is 5.73 Å². The highest BCUT2D eigenvalue weighted by Gasteiger charge is 2.11. The lowest BCUT2D eigenvalue weighted by atomic mass is 10.1. The fraction of sp³-hybridized carbons (Fsp3) is 0.333. The van der Waals surface area contributed by atoms with Crippen molar-refractivity contribution in [3.8, 4) is 0 Å². The van der Waals surface area contributed by atoms with Crippen LogP contribution in [0.4, 0.5) is 0 Å². The molecular weight excluding hydrogens is 168 g/mol. The van der Waals surface area contributed by atoms with Crippen LogP contribution < -0.4 is 5.73 Å². The van der Waals surface area contributed by atoms with Crippen molar-refractivity contribution in [1.29, 1.82) is 0 Å². The molecule has 0 spiro atoms. The molecule has 0 fully saturated rings. The Morgan fingerprint density at radius 1 is 1.77 bits per heavy atom. The Kier molecular flexibility index (Phi) is 3.40. The van der Waals surface area contributed by atoms with Gasteiger partial charge in [-0.15, -0.1) is 0 Å². The lowest BCUT2D eigenvalue weighted by Crippen LogP contribution is -2.16. The van der Waals surface area contributed by atoms with E-state index in [1.165, 1.54) is 7.11 Å². The van der Waals surface area contributed by atoms with Gasteiger partial charge in [0.15, 0.2) is 0 Å². The maximum absolute atomic E-state index is 10.9. The molecule has 0 bridgehead atoms. The highest BCUT2D eigenvalue weighted by molar-refractivity contribution is 5.70. The largest absolute Gasteiger partial charge is 0.469 e. The number of carbonyl (C=O) groups excluding carboxylic acids is 1. The van der Waals surface area contributed by atoms with Gasteiger partial charge >= 0.3 is 5.97 Å². The first-order valence-corrected chi connectivity index (χ1v) is 3.96. The van der Waals surface area contributed by atoms with Gasteiger partial charge in [-0.2, -0.15) is 0 Å². The molecule has 4 heteroatoms. The fourth-order valence-corrected chi connectivity index (χ4v) is 0.976. The summed E-state index contributed by atoms with van der Waals surface area (Å²) in [6, 6.07) is 3.29. The van der Waals surface area contributed by atoms with Gasteiger partial charge in [-0.05, 0) is 11.6 Å². The smallest absolute Gasteiger partial charge is 0.307 e. The predicted molar refractivity (Wildman–Crippen MR) is 47.8 cm³/mol. The van der Waals surface area contributed by atoms with Crippen LogP contribution in [0.2, 0.25) is 0 Å². The van der Waals surface area contributed by atoms with Gasteiger partial charge in [0, 0.05) is 18.4 Å². The molecule has 1 aromatic heterocycles. The molecule has 1 atom stereocenters. The van der Waals surface area contributed by atoms with Crippen LogP contribution in [0.5, 0.6) is 0 Å². The van der Waals surface area contributed by atoms with Crippen LogP contribution in [0.15, 0.2) is 24.5 Å². The van der Waals surface area contributed by atoms with Gasteiger partial charge in [0.25, 0.3) is 0 Å². The lowest BCUT2D eigenvalue weighted by Gasteiger charge is -2.08.